The summed E-state index contributed by atoms with van der Waals surface area (Å²) in [5.74, 6) is -0.261. The third-order valence-electron chi connectivity index (χ3n) is 4.36. The van der Waals surface area contributed by atoms with Gasteiger partial charge in [-0.1, -0.05) is 54.9 Å². The zero-order valence-electron chi connectivity index (χ0n) is 16.0. The van der Waals surface area contributed by atoms with E-state index in [9.17, 15) is 13.2 Å². The van der Waals surface area contributed by atoms with Crippen LogP contribution in [0.15, 0.2) is 48.5 Å². The van der Waals surface area contributed by atoms with E-state index in [1.54, 1.807) is 37.1 Å². The molecule has 0 saturated heterocycles. The first-order chi connectivity index (χ1) is 12.6. The van der Waals surface area contributed by atoms with Gasteiger partial charge in [-0.05, 0) is 36.6 Å². The Bertz CT molecular complexity index is 901. The van der Waals surface area contributed by atoms with Crippen molar-refractivity contribution in [1.82, 2.24) is 4.90 Å². The molecule has 0 saturated carbocycles. The van der Waals surface area contributed by atoms with E-state index in [2.05, 4.69) is 0 Å². The van der Waals surface area contributed by atoms with Gasteiger partial charge in [0.05, 0.1) is 11.9 Å². The lowest BCUT2D eigenvalue weighted by Crippen LogP contribution is -2.49. The fourth-order valence-electron chi connectivity index (χ4n) is 2.95. The van der Waals surface area contributed by atoms with Crippen molar-refractivity contribution in [2.24, 2.45) is 0 Å². The summed E-state index contributed by atoms with van der Waals surface area (Å²) in [6, 6.07) is 13.8. The average Bonchev–Trinajstić information content (AvgIpc) is 2.61. The molecule has 0 aromatic heterocycles. The predicted octanol–water partition coefficient (Wildman–Crippen LogP) is 3.85. The highest BCUT2D eigenvalue weighted by molar-refractivity contribution is 7.92. The third kappa shape index (κ3) is 5.23. The number of amides is 1. The summed E-state index contributed by atoms with van der Waals surface area (Å²) < 4.78 is 26.2. The number of anilines is 1. The molecule has 0 aliphatic heterocycles. The Hall–Kier alpha value is -2.05. The minimum Gasteiger partial charge on any atom is -0.340 e. The Morgan fingerprint density at radius 1 is 1.15 bits per heavy atom. The van der Waals surface area contributed by atoms with Gasteiger partial charge in [-0.2, -0.15) is 0 Å². The summed E-state index contributed by atoms with van der Waals surface area (Å²) >= 11 is 6.19. The number of carbonyl (C=O) groups is 1. The van der Waals surface area contributed by atoms with Crippen LogP contribution in [0.25, 0.3) is 0 Å². The lowest BCUT2D eigenvalue weighted by atomic mass is 10.1. The van der Waals surface area contributed by atoms with Crippen LogP contribution in [0.1, 0.15) is 24.5 Å². The van der Waals surface area contributed by atoms with Crippen LogP contribution in [0.2, 0.25) is 5.02 Å². The highest BCUT2D eigenvalue weighted by Crippen LogP contribution is 2.28. The maximum absolute atomic E-state index is 13.1. The van der Waals surface area contributed by atoms with E-state index in [1.807, 2.05) is 37.3 Å². The number of aryl methyl sites for hydroxylation is 1. The molecule has 2 aromatic carbocycles. The van der Waals surface area contributed by atoms with Gasteiger partial charge >= 0.3 is 0 Å². The van der Waals surface area contributed by atoms with Crippen LogP contribution in [0.4, 0.5) is 5.69 Å². The van der Waals surface area contributed by atoms with E-state index in [-0.39, 0.29) is 5.91 Å². The quantitative estimate of drug-likeness (QED) is 0.699. The Balaban J connectivity index is 2.36. The van der Waals surface area contributed by atoms with Crippen LogP contribution < -0.4 is 4.31 Å². The molecule has 7 heteroatoms. The van der Waals surface area contributed by atoms with Crippen molar-refractivity contribution in [2.75, 3.05) is 17.6 Å². The number of carbonyl (C=O) groups excluding carboxylic acids is 1. The zero-order valence-corrected chi connectivity index (χ0v) is 17.6. The number of hydrogen-bond donors (Lipinski definition) is 0. The molecular weight excluding hydrogens is 384 g/mol. The van der Waals surface area contributed by atoms with E-state index in [0.717, 1.165) is 17.4 Å². The minimum absolute atomic E-state index is 0.261. The van der Waals surface area contributed by atoms with Gasteiger partial charge < -0.3 is 4.90 Å². The predicted molar refractivity (Wildman–Crippen MR) is 111 cm³/mol. The molecule has 0 unspecified atom stereocenters. The van der Waals surface area contributed by atoms with Gasteiger partial charge in [0.2, 0.25) is 15.9 Å². The van der Waals surface area contributed by atoms with Gasteiger partial charge in [0.15, 0.2) is 0 Å². The van der Waals surface area contributed by atoms with Gasteiger partial charge in [0.1, 0.15) is 6.04 Å². The number of rotatable bonds is 7. The first kappa shape index (κ1) is 21.3. The van der Waals surface area contributed by atoms with Crippen molar-refractivity contribution in [3.8, 4) is 0 Å². The summed E-state index contributed by atoms with van der Waals surface area (Å²) in [5.41, 5.74) is 2.21. The first-order valence-corrected chi connectivity index (χ1v) is 10.9. The number of halogens is 1. The molecule has 0 fully saturated rings. The highest BCUT2D eigenvalue weighted by atomic mass is 35.5. The van der Waals surface area contributed by atoms with Crippen LogP contribution in [-0.2, 0) is 21.4 Å². The highest BCUT2D eigenvalue weighted by Gasteiger charge is 2.33. The molecule has 1 amide bonds. The molecule has 0 bridgehead atoms. The molecule has 0 aliphatic rings. The number of likely N-dealkylation sites (N-methyl/N-ethyl adjacent to an activating group) is 1. The summed E-state index contributed by atoms with van der Waals surface area (Å²) in [5, 5.41) is 0.459. The molecule has 0 heterocycles. The second-order valence-corrected chi connectivity index (χ2v) is 8.86. The Morgan fingerprint density at radius 2 is 1.78 bits per heavy atom. The molecule has 2 rings (SSSR count). The normalized spacial score (nSPS) is 12.5. The Kier molecular flexibility index (Phi) is 6.89. The van der Waals surface area contributed by atoms with E-state index < -0.39 is 16.1 Å². The molecular formula is C20H25ClN2O3S. The van der Waals surface area contributed by atoms with E-state index in [1.165, 1.54) is 4.31 Å². The van der Waals surface area contributed by atoms with Crippen LogP contribution in [0.5, 0.6) is 0 Å². The van der Waals surface area contributed by atoms with Gasteiger partial charge in [-0.15, -0.1) is 0 Å². The molecule has 1 atom stereocenters. The molecule has 146 valence electrons. The van der Waals surface area contributed by atoms with Crippen molar-refractivity contribution < 1.29 is 13.2 Å². The zero-order chi connectivity index (χ0) is 20.2. The fraction of sp³-hybridized carbons (Fsp3) is 0.350. The van der Waals surface area contributed by atoms with E-state index in [0.29, 0.717) is 23.7 Å². The topological polar surface area (TPSA) is 57.7 Å². The molecule has 27 heavy (non-hydrogen) atoms. The lowest BCUT2D eigenvalue weighted by molar-refractivity contribution is -0.131. The number of hydrogen-bond acceptors (Lipinski definition) is 3. The number of sulfonamides is 1. The number of benzene rings is 2. The van der Waals surface area contributed by atoms with Gasteiger partial charge in [0, 0.05) is 18.6 Å². The van der Waals surface area contributed by atoms with Gasteiger partial charge in [-0.3, -0.25) is 9.10 Å². The monoisotopic (exact) mass is 408 g/mol. The molecule has 0 radical (unpaired) electrons. The summed E-state index contributed by atoms with van der Waals surface area (Å²) in [7, 11) is -2.00. The second kappa shape index (κ2) is 8.76. The second-order valence-electron chi connectivity index (χ2n) is 6.60. The van der Waals surface area contributed by atoms with Gasteiger partial charge in [0.25, 0.3) is 0 Å². The van der Waals surface area contributed by atoms with Crippen molar-refractivity contribution >= 4 is 33.2 Å². The van der Waals surface area contributed by atoms with Gasteiger partial charge in [-0.25, -0.2) is 8.42 Å². The number of nitrogens with zero attached hydrogens (tertiary/aromatic N) is 2. The van der Waals surface area contributed by atoms with Crippen LogP contribution in [0.3, 0.4) is 0 Å². The average molecular weight is 409 g/mol. The first-order valence-electron chi connectivity index (χ1n) is 8.69. The Labute approximate surface area is 166 Å². The van der Waals surface area contributed by atoms with Crippen molar-refractivity contribution in [1.29, 1.82) is 0 Å². The summed E-state index contributed by atoms with van der Waals surface area (Å²) in [6.07, 6.45) is 1.45. The fourth-order valence-corrected chi connectivity index (χ4v) is 4.32. The molecule has 0 aliphatic carbocycles. The Morgan fingerprint density at radius 3 is 2.30 bits per heavy atom. The smallest absolute Gasteiger partial charge is 0.246 e. The van der Waals surface area contributed by atoms with E-state index >= 15 is 0 Å². The lowest BCUT2D eigenvalue weighted by Gasteiger charge is -2.33. The molecule has 2 aromatic rings. The maximum atomic E-state index is 13.1. The van der Waals surface area contributed by atoms with Crippen LogP contribution >= 0.6 is 11.6 Å². The molecule has 0 spiro atoms. The van der Waals surface area contributed by atoms with Crippen LogP contribution in [-0.4, -0.2) is 38.6 Å². The standard InChI is InChI=1S/C20H25ClN2O3S/c1-5-19(20(24)22(3)14-16-9-7-6-8-10-16)23(27(4,25)26)17-12-11-15(2)18(21)13-17/h6-13,19H,5,14H2,1-4H3/t19-/m0/s1. The van der Waals surface area contributed by atoms with Crippen molar-refractivity contribution in [3.05, 3.63) is 64.7 Å². The van der Waals surface area contributed by atoms with E-state index in [4.69, 9.17) is 11.6 Å². The third-order valence-corrected chi connectivity index (χ3v) is 5.95. The molecule has 5 nitrogen and oxygen atoms in total. The summed E-state index contributed by atoms with van der Waals surface area (Å²) in [4.78, 5) is 14.6. The minimum atomic E-state index is -3.68. The van der Waals surface area contributed by atoms with Crippen LogP contribution in [0, 0.1) is 6.92 Å². The van der Waals surface area contributed by atoms with Crippen molar-refractivity contribution in [3.63, 3.8) is 0 Å². The van der Waals surface area contributed by atoms with Crippen molar-refractivity contribution in [2.45, 2.75) is 32.9 Å². The summed E-state index contributed by atoms with van der Waals surface area (Å²) in [6.45, 7) is 4.04. The molecule has 0 N–H and O–H groups in total. The largest absolute Gasteiger partial charge is 0.340 e. The maximum Gasteiger partial charge on any atom is 0.246 e. The SMILES string of the molecule is CC[C@@H](C(=O)N(C)Cc1ccccc1)N(c1ccc(C)c(Cl)c1)S(C)(=O)=O.